The summed E-state index contributed by atoms with van der Waals surface area (Å²) in [6.45, 7) is 4.08. The van der Waals surface area contributed by atoms with Crippen LogP contribution in [0.4, 0.5) is 14.9 Å². The van der Waals surface area contributed by atoms with Gasteiger partial charge in [-0.05, 0) is 13.8 Å². The number of thiazole rings is 1. The number of rotatable bonds is 3. The number of nitrogens with two attached hydrogens (primary N) is 1. The van der Waals surface area contributed by atoms with Crippen molar-refractivity contribution in [3.8, 4) is 11.3 Å². The molecule has 6 heteroatoms. The zero-order valence-electron chi connectivity index (χ0n) is 10.8. The largest absolute Gasteiger partial charge is 0.450 e. The van der Waals surface area contributed by atoms with E-state index < -0.39 is 6.09 Å². The monoisotopic (exact) mass is 277 g/mol. The molecule has 1 heterocycles. The SMILES string of the molecule is CCOC(=O)Nc1sc(N)nc1-c1ccc(C)cc1. The van der Waals surface area contributed by atoms with Gasteiger partial charge in [-0.3, -0.25) is 5.32 Å². The highest BCUT2D eigenvalue weighted by Gasteiger charge is 2.14. The van der Waals surface area contributed by atoms with Gasteiger partial charge in [-0.25, -0.2) is 9.78 Å². The van der Waals surface area contributed by atoms with Gasteiger partial charge in [-0.1, -0.05) is 41.2 Å². The van der Waals surface area contributed by atoms with E-state index in [0.29, 0.717) is 22.4 Å². The number of amides is 1. The second-order valence-corrected chi connectivity index (χ2v) is 4.97. The summed E-state index contributed by atoms with van der Waals surface area (Å²) in [6.07, 6.45) is -0.500. The van der Waals surface area contributed by atoms with E-state index in [4.69, 9.17) is 10.5 Å². The molecule has 100 valence electrons. The van der Waals surface area contributed by atoms with Crippen LogP contribution < -0.4 is 11.1 Å². The first-order chi connectivity index (χ1) is 9.10. The summed E-state index contributed by atoms with van der Waals surface area (Å²) in [4.78, 5) is 15.7. The molecular formula is C13H15N3O2S. The Bertz CT molecular complexity index is 578. The summed E-state index contributed by atoms with van der Waals surface area (Å²) in [5.41, 5.74) is 8.44. The summed E-state index contributed by atoms with van der Waals surface area (Å²) in [5, 5.41) is 3.66. The Labute approximate surface area is 115 Å². The quantitative estimate of drug-likeness (QED) is 0.902. The topological polar surface area (TPSA) is 77.2 Å². The van der Waals surface area contributed by atoms with Gasteiger partial charge in [-0.2, -0.15) is 0 Å². The van der Waals surface area contributed by atoms with E-state index in [0.717, 1.165) is 11.1 Å². The first-order valence-corrected chi connectivity index (χ1v) is 6.69. The number of hydrogen-bond acceptors (Lipinski definition) is 5. The number of aromatic nitrogens is 1. The number of nitrogens with zero attached hydrogens (tertiary/aromatic N) is 1. The molecule has 2 aromatic rings. The number of aryl methyl sites for hydroxylation is 1. The Morgan fingerprint density at radius 2 is 2.11 bits per heavy atom. The molecule has 0 bridgehead atoms. The van der Waals surface area contributed by atoms with Crippen LogP contribution in [-0.4, -0.2) is 17.7 Å². The van der Waals surface area contributed by atoms with E-state index in [9.17, 15) is 4.79 Å². The first-order valence-electron chi connectivity index (χ1n) is 5.87. The van der Waals surface area contributed by atoms with Crippen molar-refractivity contribution < 1.29 is 9.53 Å². The second-order valence-electron chi connectivity index (χ2n) is 3.94. The minimum Gasteiger partial charge on any atom is -0.450 e. The number of hydrogen-bond donors (Lipinski definition) is 2. The fraction of sp³-hybridized carbons (Fsp3) is 0.231. The maximum Gasteiger partial charge on any atom is 0.412 e. The minimum absolute atomic E-state index is 0.319. The van der Waals surface area contributed by atoms with Crippen molar-refractivity contribution in [3.63, 3.8) is 0 Å². The van der Waals surface area contributed by atoms with E-state index >= 15 is 0 Å². The lowest BCUT2D eigenvalue weighted by molar-refractivity contribution is 0.168. The number of ether oxygens (including phenoxy) is 1. The van der Waals surface area contributed by atoms with Crippen molar-refractivity contribution in [1.82, 2.24) is 4.98 Å². The summed E-state index contributed by atoms with van der Waals surface area (Å²) < 4.78 is 4.85. The lowest BCUT2D eigenvalue weighted by Crippen LogP contribution is -2.12. The molecule has 0 radical (unpaired) electrons. The van der Waals surface area contributed by atoms with E-state index in [1.54, 1.807) is 6.92 Å². The number of nitrogen functional groups attached to an aromatic ring is 1. The van der Waals surface area contributed by atoms with Gasteiger partial charge in [0.05, 0.1) is 6.61 Å². The molecule has 0 atom stereocenters. The normalized spacial score (nSPS) is 10.2. The molecule has 19 heavy (non-hydrogen) atoms. The van der Waals surface area contributed by atoms with Crippen LogP contribution in [0.25, 0.3) is 11.3 Å². The summed E-state index contributed by atoms with van der Waals surface area (Å²) in [5.74, 6) is 0. The number of benzene rings is 1. The van der Waals surface area contributed by atoms with Gasteiger partial charge in [0.1, 0.15) is 10.7 Å². The van der Waals surface area contributed by atoms with Crippen molar-refractivity contribution in [2.24, 2.45) is 0 Å². The molecular weight excluding hydrogens is 262 g/mol. The van der Waals surface area contributed by atoms with E-state index in [1.807, 2.05) is 31.2 Å². The van der Waals surface area contributed by atoms with Crippen LogP contribution in [0.3, 0.4) is 0 Å². The standard InChI is InChI=1S/C13H15N3O2S/c1-3-18-13(17)16-11-10(15-12(14)19-11)9-6-4-8(2)5-7-9/h4-7H,3H2,1-2H3,(H2,14,15)(H,16,17). The molecule has 0 unspecified atom stereocenters. The van der Waals surface area contributed by atoms with E-state index in [2.05, 4.69) is 10.3 Å². The van der Waals surface area contributed by atoms with Crippen LogP contribution in [-0.2, 0) is 4.74 Å². The minimum atomic E-state index is -0.500. The summed E-state index contributed by atoms with van der Waals surface area (Å²) in [6, 6.07) is 7.86. The Balaban J connectivity index is 2.30. The van der Waals surface area contributed by atoms with Crippen LogP contribution in [0.5, 0.6) is 0 Å². The fourth-order valence-electron chi connectivity index (χ4n) is 1.59. The van der Waals surface area contributed by atoms with Crippen molar-refractivity contribution in [1.29, 1.82) is 0 Å². The molecule has 1 aromatic carbocycles. The number of nitrogens with one attached hydrogen (secondary N) is 1. The molecule has 0 fully saturated rings. The first kappa shape index (κ1) is 13.4. The molecule has 0 saturated heterocycles. The van der Waals surface area contributed by atoms with E-state index in [-0.39, 0.29) is 0 Å². The molecule has 5 nitrogen and oxygen atoms in total. The molecule has 0 saturated carbocycles. The lowest BCUT2D eigenvalue weighted by Gasteiger charge is -2.05. The van der Waals surface area contributed by atoms with Crippen LogP contribution in [0.15, 0.2) is 24.3 Å². The molecule has 0 aliphatic heterocycles. The molecule has 1 amide bonds. The third-order valence-corrected chi connectivity index (χ3v) is 3.26. The smallest absolute Gasteiger partial charge is 0.412 e. The zero-order valence-corrected chi connectivity index (χ0v) is 11.6. The van der Waals surface area contributed by atoms with Gasteiger partial charge < -0.3 is 10.5 Å². The highest BCUT2D eigenvalue weighted by Crippen LogP contribution is 2.34. The van der Waals surface area contributed by atoms with Gasteiger partial charge in [0.15, 0.2) is 5.13 Å². The van der Waals surface area contributed by atoms with Crippen LogP contribution >= 0.6 is 11.3 Å². The van der Waals surface area contributed by atoms with Crippen molar-refractivity contribution in [2.45, 2.75) is 13.8 Å². The van der Waals surface area contributed by atoms with Gasteiger partial charge >= 0.3 is 6.09 Å². The lowest BCUT2D eigenvalue weighted by atomic mass is 10.1. The second kappa shape index (κ2) is 5.71. The Kier molecular flexibility index (Phi) is 4.01. The maximum absolute atomic E-state index is 11.5. The highest BCUT2D eigenvalue weighted by atomic mass is 32.1. The van der Waals surface area contributed by atoms with Crippen molar-refractivity contribution in [3.05, 3.63) is 29.8 Å². The molecule has 3 N–H and O–H groups in total. The van der Waals surface area contributed by atoms with Gasteiger partial charge in [0, 0.05) is 5.56 Å². The molecule has 2 rings (SSSR count). The fourth-order valence-corrected chi connectivity index (χ4v) is 2.33. The summed E-state index contributed by atoms with van der Waals surface area (Å²) >= 11 is 1.22. The van der Waals surface area contributed by atoms with Crippen molar-refractivity contribution in [2.75, 3.05) is 17.7 Å². The molecule has 0 aliphatic rings. The number of carbonyl (C=O) groups is 1. The van der Waals surface area contributed by atoms with Crippen LogP contribution in [0.1, 0.15) is 12.5 Å². The molecule has 0 spiro atoms. The van der Waals surface area contributed by atoms with E-state index in [1.165, 1.54) is 11.3 Å². The predicted molar refractivity (Wildman–Crippen MR) is 77.3 cm³/mol. The predicted octanol–water partition coefficient (Wildman–Crippen LogP) is 3.27. The average molecular weight is 277 g/mol. The highest BCUT2D eigenvalue weighted by molar-refractivity contribution is 7.20. The average Bonchev–Trinajstić information content (AvgIpc) is 2.71. The zero-order chi connectivity index (χ0) is 13.8. The maximum atomic E-state index is 11.5. The Morgan fingerprint density at radius 3 is 2.74 bits per heavy atom. The number of carbonyl (C=O) groups excluding carboxylic acids is 1. The Morgan fingerprint density at radius 1 is 1.42 bits per heavy atom. The van der Waals surface area contributed by atoms with Crippen molar-refractivity contribution >= 4 is 27.6 Å². The molecule has 1 aromatic heterocycles. The third-order valence-electron chi connectivity index (χ3n) is 2.46. The number of anilines is 2. The van der Waals surface area contributed by atoms with Crippen LogP contribution in [0, 0.1) is 6.92 Å². The third kappa shape index (κ3) is 3.23. The summed E-state index contributed by atoms with van der Waals surface area (Å²) in [7, 11) is 0. The Hall–Kier alpha value is -2.08. The molecule has 0 aliphatic carbocycles. The van der Waals surface area contributed by atoms with Crippen LogP contribution in [0.2, 0.25) is 0 Å². The van der Waals surface area contributed by atoms with Gasteiger partial charge in [0.25, 0.3) is 0 Å². The van der Waals surface area contributed by atoms with Gasteiger partial charge in [-0.15, -0.1) is 0 Å². The van der Waals surface area contributed by atoms with Gasteiger partial charge in [0.2, 0.25) is 0 Å².